The highest BCUT2D eigenvalue weighted by Crippen LogP contribution is 2.34. The first-order valence-corrected chi connectivity index (χ1v) is 17.0. The van der Waals surface area contributed by atoms with Crippen LogP contribution in [0.1, 0.15) is 41.0 Å². The van der Waals surface area contributed by atoms with E-state index in [2.05, 4.69) is 20.8 Å². The zero-order chi connectivity index (χ0) is 33.8. The summed E-state index contributed by atoms with van der Waals surface area (Å²) in [6.45, 7) is 0.756. The average molecular weight is 711 g/mol. The quantitative estimate of drug-likeness (QED) is 0.155. The summed E-state index contributed by atoms with van der Waals surface area (Å²) in [6, 6.07) is 13.4. The van der Waals surface area contributed by atoms with Gasteiger partial charge in [-0.1, -0.05) is 29.8 Å². The van der Waals surface area contributed by atoms with E-state index in [-0.39, 0.29) is 44.4 Å². The normalized spacial score (nSPS) is 14.1. The first-order chi connectivity index (χ1) is 22.3. The molecule has 0 bridgehead atoms. The maximum Gasteiger partial charge on any atom is 0.416 e. The number of thioether (sulfide) groups is 1. The number of nitrogens with one attached hydrogen (secondary N) is 2. The molecule has 0 saturated carbocycles. The molecule has 5 rings (SSSR count). The summed E-state index contributed by atoms with van der Waals surface area (Å²) in [5, 5.41) is 13.4. The molecule has 0 atom stereocenters. The molecule has 1 aliphatic rings. The van der Waals surface area contributed by atoms with Crippen molar-refractivity contribution < 1.29 is 35.6 Å². The fourth-order valence-electron chi connectivity index (χ4n) is 4.77. The molecule has 2 heterocycles. The third-order valence-electron chi connectivity index (χ3n) is 7.16. The number of carbonyl (C=O) groups is 2. The SMILES string of the molecule is O=C(CSc1nnc(CNC(=O)c2ccc(S(=O)(=O)N3CCCCC3)cc2)n1-c1ccc(F)cc1)Nc1cc(C(F)(F)F)ccc1Cl. The lowest BCUT2D eigenvalue weighted by Crippen LogP contribution is -2.35. The zero-order valence-corrected chi connectivity index (χ0v) is 26.8. The molecule has 1 saturated heterocycles. The number of carbonyl (C=O) groups excluding carboxylic acids is 2. The van der Waals surface area contributed by atoms with Crippen LogP contribution < -0.4 is 10.6 Å². The fourth-order valence-corrected chi connectivity index (χ4v) is 7.22. The molecule has 17 heteroatoms. The molecular formula is C30H27ClF4N6O4S2. The lowest BCUT2D eigenvalue weighted by Gasteiger charge is -2.25. The van der Waals surface area contributed by atoms with Gasteiger partial charge in [0.2, 0.25) is 15.9 Å². The van der Waals surface area contributed by atoms with E-state index in [0.717, 1.165) is 49.2 Å². The summed E-state index contributed by atoms with van der Waals surface area (Å²) in [7, 11) is -3.67. The van der Waals surface area contributed by atoms with Crippen molar-refractivity contribution in [2.75, 3.05) is 24.2 Å². The van der Waals surface area contributed by atoms with Crippen LogP contribution in [0.5, 0.6) is 0 Å². The largest absolute Gasteiger partial charge is 0.416 e. The maximum absolute atomic E-state index is 13.7. The van der Waals surface area contributed by atoms with E-state index in [1.165, 1.54) is 57.4 Å². The number of nitrogens with zero attached hydrogens (tertiary/aromatic N) is 4. The molecule has 3 aromatic carbocycles. The van der Waals surface area contributed by atoms with Crippen molar-refractivity contribution in [1.29, 1.82) is 0 Å². The van der Waals surface area contributed by atoms with Gasteiger partial charge in [0.05, 0.1) is 33.5 Å². The van der Waals surface area contributed by atoms with E-state index in [0.29, 0.717) is 18.8 Å². The van der Waals surface area contributed by atoms with Crippen LogP contribution in [0.2, 0.25) is 5.02 Å². The second kappa shape index (κ2) is 14.4. The fraction of sp³-hybridized carbons (Fsp3) is 0.267. The Balaban J connectivity index is 1.28. The Morgan fingerprint density at radius 2 is 1.62 bits per heavy atom. The van der Waals surface area contributed by atoms with Gasteiger partial charge in [-0.2, -0.15) is 17.5 Å². The van der Waals surface area contributed by atoms with Crippen molar-refractivity contribution in [2.45, 2.75) is 42.0 Å². The van der Waals surface area contributed by atoms with Gasteiger partial charge in [-0.05, 0) is 79.6 Å². The average Bonchev–Trinajstić information content (AvgIpc) is 3.46. The zero-order valence-electron chi connectivity index (χ0n) is 24.4. The molecule has 248 valence electrons. The van der Waals surface area contributed by atoms with Gasteiger partial charge in [-0.25, -0.2) is 12.8 Å². The number of aromatic nitrogens is 3. The highest BCUT2D eigenvalue weighted by molar-refractivity contribution is 7.99. The smallest absolute Gasteiger partial charge is 0.345 e. The van der Waals surface area contributed by atoms with Gasteiger partial charge in [-0.15, -0.1) is 10.2 Å². The van der Waals surface area contributed by atoms with E-state index < -0.39 is 39.4 Å². The Morgan fingerprint density at radius 3 is 2.28 bits per heavy atom. The molecule has 2 N–H and O–H groups in total. The van der Waals surface area contributed by atoms with Crippen LogP contribution >= 0.6 is 23.4 Å². The van der Waals surface area contributed by atoms with Crippen LogP contribution in [-0.4, -0.2) is 58.1 Å². The van der Waals surface area contributed by atoms with E-state index in [1.54, 1.807) is 0 Å². The molecule has 0 spiro atoms. The molecule has 0 aliphatic carbocycles. The molecule has 0 unspecified atom stereocenters. The van der Waals surface area contributed by atoms with Crippen molar-refractivity contribution in [3.63, 3.8) is 0 Å². The molecule has 2 amide bonds. The van der Waals surface area contributed by atoms with Gasteiger partial charge < -0.3 is 10.6 Å². The lowest BCUT2D eigenvalue weighted by atomic mass is 10.2. The summed E-state index contributed by atoms with van der Waals surface area (Å²) in [5.74, 6) is -1.78. The number of hydrogen-bond donors (Lipinski definition) is 2. The monoisotopic (exact) mass is 710 g/mol. The first kappa shape index (κ1) is 34.3. The number of halogens is 5. The van der Waals surface area contributed by atoms with E-state index in [1.807, 2.05) is 0 Å². The maximum atomic E-state index is 13.7. The Hall–Kier alpha value is -3.99. The molecule has 1 aromatic heterocycles. The number of rotatable bonds is 10. The Bertz CT molecular complexity index is 1860. The van der Waals surface area contributed by atoms with Crippen molar-refractivity contribution in [3.8, 4) is 5.69 Å². The minimum Gasteiger partial charge on any atom is -0.345 e. The number of hydrogen-bond acceptors (Lipinski definition) is 7. The number of amides is 2. The van der Waals surface area contributed by atoms with Gasteiger partial charge >= 0.3 is 6.18 Å². The number of sulfonamides is 1. The van der Waals surface area contributed by atoms with Gasteiger partial charge in [0, 0.05) is 24.3 Å². The molecule has 1 fully saturated rings. The summed E-state index contributed by atoms with van der Waals surface area (Å²) in [6.07, 6.45) is -2.06. The molecule has 1 aliphatic heterocycles. The van der Waals surface area contributed by atoms with Crippen LogP contribution in [-0.2, 0) is 27.5 Å². The molecule has 10 nitrogen and oxygen atoms in total. The Labute approximate surface area is 276 Å². The summed E-state index contributed by atoms with van der Waals surface area (Å²) >= 11 is 6.88. The number of anilines is 1. The van der Waals surface area contributed by atoms with Crippen molar-refractivity contribution in [1.82, 2.24) is 24.4 Å². The van der Waals surface area contributed by atoms with Crippen LogP contribution in [0.25, 0.3) is 5.69 Å². The van der Waals surface area contributed by atoms with E-state index in [9.17, 15) is 35.6 Å². The first-order valence-electron chi connectivity index (χ1n) is 14.2. The van der Waals surface area contributed by atoms with Crippen LogP contribution in [0.4, 0.5) is 23.2 Å². The van der Waals surface area contributed by atoms with Gasteiger partial charge in [0.25, 0.3) is 5.91 Å². The minimum atomic E-state index is -4.63. The molecule has 0 radical (unpaired) electrons. The molecule has 47 heavy (non-hydrogen) atoms. The second-order valence-electron chi connectivity index (χ2n) is 10.4. The van der Waals surface area contributed by atoms with Gasteiger partial charge in [0.1, 0.15) is 5.82 Å². The second-order valence-corrected chi connectivity index (χ2v) is 13.7. The number of piperidine rings is 1. The van der Waals surface area contributed by atoms with E-state index >= 15 is 0 Å². The summed E-state index contributed by atoms with van der Waals surface area (Å²) < 4.78 is 81.9. The van der Waals surface area contributed by atoms with Crippen molar-refractivity contribution in [2.24, 2.45) is 0 Å². The summed E-state index contributed by atoms with van der Waals surface area (Å²) in [5.41, 5.74) is -0.578. The van der Waals surface area contributed by atoms with Crippen molar-refractivity contribution in [3.05, 3.63) is 94.5 Å². The Kier molecular flexibility index (Phi) is 10.5. The van der Waals surface area contributed by atoms with Gasteiger partial charge in [0.15, 0.2) is 11.0 Å². The topological polar surface area (TPSA) is 126 Å². The molecular weight excluding hydrogens is 684 g/mol. The third-order valence-corrected chi connectivity index (χ3v) is 10.3. The Morgan fingerprint density at radius 1 is 0.936 bits per heavy atom. The number of alkyl halides is 3. The highest BCUT2D eigenvalue weighted by atomic mass is 35.5. The van der Waals surface area contributed by atoms with Crippen LogP contribution in [0.15, 0.2) is 76.8 Å². The van der Waals surface area contributed by atoms with E-state index in [4.69, 9.17) is 11.6 Å². The minimum absolute atomic E-state index is 0.0814. The van der Waals surface area contributed by atoms with Crippen LogP contribution in [0.3, 0.4) is 0 Å². The highest BCUT2D eigenvalue weighted by Gasteiger charge is 2.31. The summed E-state index contributed by atoms with van der Waals surface area (Å²) in [4.78, 5) is 25.7. The molecule has 4 aromatic rings. The lowest BCUT2D eigenvalue weighted by molar-refractivity contribution is -0.137. The number of benzene rings is 3. The predicted molar refractivity (Wildman–Crippen MR) is 167 cm³/mol. The van der Waals surface area contributed by atoms with Gasteiger partial charge in [-0.3, -0.25) is 14.2 Å². The standard InChI is InChI=1S/C30H27ClF4N6O4S2/c31-24-13-6-20(30(33,34)35)16-25(24)37-27(42)18-46-29-39-38-26(41(29)22-9-7-21(32)8-10-22)17-36-28(43)19-4-11-23(12-5-19)47(44,45)40-14-2-1-3-15-40/h4-13,16H,1-3,14-15,17-18H2,(H,36,43)(H,37,42). The van der Waals surface area contributed by atoms with Crippen LogP contribution in [0, 0.1) is 5.82 Å². The van der Waals surface area contributed by atoms with Crippen molar-refractivity contribution >= 4 is 50.9 Å². The third kappa shape index (κ3) is 8.30. The predicted octanol–water partition coefficient (Wildman–Crippen LogP) is 5.91.